The number of hydrogen-bond donors (Lipinski definition) is 3. The molecule has 0 aliphatic heterocycles. The van der Waals surface area contributed by atoms with Crippen LogP contribution in [0.5, 0.6) is 0 Å². The number of aryl methyl sites for hydroxylation is 1. The zero-order valence-corrected chi connectivity index (χ0v) is 13.0. The van der Waals surface area contributed by atoms with Gasteiger partial charge >= 0.3 is 0 Å². The Hall–Kier alpha value is -0.420. The summed E-state index contributed by atoms with van der Waals surface area (Å²) in [7, 11) is 0. The molecule has 0 bridgehead atoms. The van der Waals surface area contributed by atoms with Crippen LogP contribution in [0.2, 0.25) is 0 Å². The summed E-state index contributed by atoms with van der Waals surface area (Å²) in [4.78, 5) is 0. The zero-order chi connectivity index (χ0) is 13.9. The van der Waals surface area contributed by atoms with E-state index in [1.54, 1.807) is 0 Å². The van der Waals surface area contributed by atoms with E-state index < -0.39 is 0 Å². The van der Waals surface area contributed by atoms with Crippen LogP contribution in [0.1, 0.15) is 30.9 Å². The minimum atomic E-state index is -0.0184. The summed E-state index contributed by atoms with van der Waals surface area (Å²) in [6.45, 7) is 2.97. The van der Waals surface area contributed by atoms with Gasteiger partial charge in [-0.15, -0.1) is 0 Å². The molecule has 1 aliphatic rings. The van der Waals surface area contributed by atoms with E-state index in [9.17, 15) is 0 Å². The molecule has 2 atom stereocenters. The monoisotopic (exact) mass is 326 g/mol. The molecule has 1 aromatic rings. The number of nitrogens with one attached hydrogen (secondary N) is 1. The molecule has 3 nitrogen and oxygen atoms in total. The molecule has 1 aliphatic carbocycles. The predicted octanol–water partition coefficient (Wildman–Crippen LogP) is 2.00. The highest BCUT2D eigenvalue weighted by atomic mass is 79.9. The van der Waals surface area contributed by atoms with Gasteiger partial charge in [-0.2, -0.15) is 0 Å². The number of hydrogen-bond acceptors (Lipinski definition) is 3. The van der Waals surface area contributed by atoms with Gasteiger partial charge in [-0.05, 0) is 55.9 Å². The van der Waals surface area contributed by atoms with Gasteiger partial charge in [0.1, 0.15) is 0 Å². The molecule has 4 heteroatoms. The summed E-state index contributed by atoms with van der Waals surface area (Å²) in [6, 6.07) is 6.81. The number of aliphatic hydroxyl groups excluding tert-OH is 1. The molecule has 2 rings (SSSR count). The SMILES string of the molecule is CC(CCO)NC1(CN)CCc2cc(Br)ccc2C1. The van der Waals surface area contributed by atoms with Gasteiger partial charge in [-0.25, -0.2) is 0 Å². The summed E-state index contributed by atoms with van der Waals surface area (Å²) in [5, 5.41) is 12.7. The van der Waals surface area contributed by atoms with E-state index >= 15 is 0 Å². The fourth-order valence-electron chi connectivity index (χ4n) is 2.97. The van der Waals surface area contributed by atoms with E-state index in [2.05, 4.69) is 46.4 Å². The van der Waals surface area contributed by atoms with Gasteiger partial charge in [-0.3, -0.25) is 0 Å². The van der Waals surface area contributed by atoms with Gasteiger partial charge in [0.05, 0.1) is 0 Å². The number of nitrogens with two attached hydrogens (primary N) is 1. The lowest BCUT2D eigenvalue weighted by Crippen LogP contribution is -2.57. The second kappa shape index (κ2) is 6.35. The standard InChI is InChI=1S/C15H23BrN2O/c1-11(5-7-19)18-15(10-17)6-4-12-8-14(16)3-2-13(12)9-15/h2-3,8,11,18-19H,4-7,9-10,17H2,1H3. The molecular formula is C15H23BrN2O. The third-order valence-electron chi connectivity index (χ3n) is 4.08. The Kier molecular flexibility index (Phi) is 5.01. The molecule has 0 heterocycles. The van der Waals surface area contributed by atoms with Crippen molar-refractivity contribution in [2.45, 2.75) is 44.2 Å². The van der Waals surface area contributed by atoms with Crippen molar-refractivity contribution in [2.24, 2.45) is 5.73 Å². The van der Waals surface area contributed by atoms with Crippen molar-refractivity contribution in [3.63, 3.8) is 0 Å². The molecule has 0 radical (unpaired) electrons. The first-order valence-electron chi connectivity index (χ1n) is 6.94. The van der Waals surface area contributed by atoms with Gasteiger partial charge < -0.3 is 16.2 Å². The minimum Gasteiger partial charge on any atom is -0.396 e. The Morgan fingerprint density at radius 2 is 2.26 bits per heavy atom. The van der Waals surface area contributed by atoms with Crippen LogP contribution < -0.4 is 11.1 Å². The fraction of sp³-hybridized carbons (Fsp3) is 0.600. The Balaban J connectivity index is 2.14. The Bertz CT molecular complexity index is 438. The highest BCUT2D eigenvalue weighted by Gasteiger charge is 2.33. The van der Waals surface area contributed by atoms with Crippen LogP contribution in [-0.2, 0) is 12.8 Å². The fourth-order valence-corrected chi connectivity index (χ4v) is 3.38. The average Bonchev–Trinajstić information content (AvgIpc) is 2.39. The number of benzene rings is 1. The summed E-state index contributed by atoms with van der Waals surface area (Å²) < 4.78 is 1.15. The highest BCUT2D eigenvalue weighted by molar-refractivity contribution is 9.10. The zero-order valence-electron chi connectivity index (χ0n) is 11.5. The van der Waals surface area contributed by atoms with Crippen LogP contribution in [0, 0.1) is 0 Å². The van der Waals surface area contributed by atoms with Crippen molar-refractivity contribution in [3.05, 3.63) is 33.8 Å². The number of halogens is 1. The lowest BCUT2D eigenvalue weighted by atomic mass is 9.77. The molecule has 106 valence electrons. The van der Waals surface area contributed by atoms with Crippen molar-refractivity contribution in [2.75, 3.05) is 13.2 Å². The maximum absolute atomic E-state index is 9.03. The van der Waals surface area contributed by atoms with Crippen molar-refractivity contribution >= 4 is 15.9 Å². The van der Waals surface area contributed by atoms with Crippen LogP contribution in [0.15, 0.2) is 22.7 Å². The average molecular weight is 327 g/mol. The maximum atomic E-state index is 9.03. The number of aliphatic hydroxyl groups is 1. The van der Waals surface area contributed by atoms with Crippen molar-refractivity contribution in [1.82, 2.24) is 5.32 Å². The molecule has 0 spiro atoms. The minimum absolute atomic E-state index is 0.0184. The molecule has 1 aromatic carbocycles. The third kappa shape index (κ3) is 3.57. The number of fused-ring (bicyclic) bond motifs is 1. The van der Waals surface area contributed by atoms with Crippen LogP contribution in [-0.4, -0.2) is 29.8 Å². The van der Waals surface area contributed by atoms with Gasteiger partial charge in [-0.1, -0.05) is 22.0 Å². The van der Waals surface area contributed by atoms with Gasteiger partial charge in [0.25, 0.3) is 0 Å². The first-order chi connectivity index (χ1) is 9.08. The van der Waals surface area contributed by atoms with E-state index in [-0.39, 0.29) is 12.1 Å². The molecule has 0 saturated heterocycles. The lowest BCUT2D eigenvalue weighted by molar-refractivity contribution is 0.222. The van der Waals surface area contributed by atoms with Gasteiger partial charge in [0.15, 0.2) is 0 Å². The van der Waals surface area contributed by atoms with Gasteiger partial charge in [0, 0.05) is 29.2 Å². The molecule has 0 saturated carbocycles. The first kappa shape index (κ1) is 15.0. The van der Waals surface area contributed by atoms with E-state index in [1.165, 1.54) is 11.1 Å². The van der Waals surface area contributed by atoms with E-state index in [1.807, 2.05) is 0 Å². The first-order valence-corrected chi connectivity index (χ1v) is 7.74. The summed E-state index contributed by atoms with van der Waals surface area (Å²) >= 11 is 3.53. The smallest absolute Gasteiger partial charge is 0.0445 e. The molecule has 19 heavy (non-hydrogen) atoms. The van der Waals surface area contributed by atoms with Crippen molar-refractivity contribution < 1.29 is 5.11 Å². The molecule has 4 N–H and O–H groups in total. The second-order valence-electron chi connectivity index (χ2n) is 5.63. The lowest BCUT2D eigenvalue weighted by Gasteiger charge is -2.40. The summed E-state index contributed by atoms with van der Waals surface area (Å²) in [5.74, 6) is 0. The number of rotatable bonds is 5. The molecule has 0 amide bonds. The Morgan fingerprint density at radius 3 is 2.95 bits per heavy atom. The van der Waals surface area contributed by atoms with Crippen LogP contribution in [0.4, 0.5) is 0 Å². The highest BCUT2D eigenvalue weighted by Crippen LogP contribution is 2.30. The maximum Gasteiger partial charge on any atom is 0.0445 e. The largest absolute Gasteiger partial charge is 0.396 e. The molecule has 2 unspecified atom stereocenters. The van der Waals surface area contributed by atoms with Gasteiger partial charge in [0.2, 0.25) is 0 Å². The van der Waals surface area contributed by atoms with Crippen molar-refractivity contribution in [1.29, 1.82) is 0 Å². The molecular weight excluding hydrogens is 304 g/mol. The van der Waals surface area contributed by atoms with Crippen LogP contribution >= 0.6 is 15.9 Å². The quantitative estimate of drug-likeness (QED) is 0.775. The van der Waals surface area contributed by atoms with Crippen molar-refractivity contribution in [3.8, 4) is 0 Å². The second-order valence-corrected chi connectivity index (χ2v) is 6.55. The van der Waals surface area contributed by atoms with Crippen LogP contribution in [0.25, 0.3) is 0 Å². The van der Waals surface area contributed by atoms with Crippen LogP contribution in [0.3, 0.4) is 0 Å². The van der Waals surface area contributed by atoms with E-state index in [0.29, 0.717) is 12.6 Å². The van der Waals surface area contributed by atoms with E-state index in [4.69, 9.17) is 10.8 Å². The summed E-state index contributed by atoms with van der Waals surface area (Å²) in [5.41, 5.74) is 8.84. The molecule has 0 aromatic heterocycles. The van der Waals surface area contributed by atoms with E-state index in [0.717, 1.165) is 30.2 Å². The third-order valence-corrected chi connectivity index (χ3v) is 4.57. The Morgan fingerprint density at radius 1 is 1.47 bits per heavy atom. The predicted molar refractivity (Wildman–Crippen MR) is 82.3 cm³/mol. The molecule has 0 fully saturated rings. The normalized spacial score (nSPS) is 24.0. The topological polar surface area (TPSA) is 58.3 Å². The summed E-state index contributed by atoms with van der Waals surface area (Å²) in [6.07, 6.45) is 3.87. The Labute approximate surface area is 123 Å².